The zero-order chi connectivity index (χ0) is 18.4. The Morgan fingerprint density at radius 1 is 1.24 bits per heavy atom. The van der Waals surface area contributed by atoms with E-state index in [4.69, 9.17) is 28.0 Å². The van der Waals surface area contributed by atoms with Gasteiger partial charge in [0.25, 0.3) is 5.91 Å². The summed E-state index contributed by atoms with van der Waals surface area (Å²) in [5.41, 5.74) is 0.897. The zero-order valence-corrected chi connectivity index (χ0v) is 15.4. The normalized spacial score (nSPS) is 11.5. The highest BCUT2D eigenvalue weighted by Gasteiger charge is 2.09. The van der Waals surface area contributed by atoms with Gasteiger partial charge in [0.2, 0.25) is 0 Å². The topological polar surface area (TPSA) is 84.8 Å². The summed E-state index contributed by atoms with van der Waals surface area (Å²) < 4.78 is 23.0. The summed E-state index contributed by atoms with van der Waals surface area (Å²) in [6.45, 7) is -0.349. The number of nitrogens with zero attached hydrogens (tertiary/aromatic N) is 1. The number of oxime groups is 1. The van der Waals surface area contributed by atoms with E-state index in [0.29, 0.717) is 21.3 Å². The lowest BCUT2D eigenvalue weighted by atomic mass is 10.2. The van der Waals surface area contributed by atoms with E-state index in [1.165, 1.54) is 24.4 Å². The van der Waals surface area contributed by atoms with E-state index in [9.17, 15) is 13.2 Å². The van der Waals surface area contributed by atoms with Gasteiger partial charge in [-0.3, -0.25) is 4.79 Å². The van der Waals surface area contributed by atoms with Gasteiger partial charge in [0.15, 0.2) is 16.4 Å². The van der Waals surface area contributed by atoms with Crippen LogP contribution in [0.4, 0.5) is 5.69 Å². The molecule has 1 N–H and O–H groups in total. The van der Waals surface area contributed by atoms with Crippen LogP contribution in [-0.4, -0.2) is 33.4 Å². The average molecular weight is 401 g/mol. The third kappa shape index (κ3) is 5.74. The molecule has 2 rings (SSSR count). The van der Waals surface area contributed by atoms with Crippen molar-refractivity contribution < 1.29 is 18.0 Å². The predicted octanol–water partition coefficient (Wildman–Crippen LogP) is 3.39. The molecule has 6 nitrogen and oxygen atoms in total. The number of carbonyl (C=O) groups excluding carboxylic acids is 1. The molecule has 25 heavy (non-hydrogen) atoms. The van der Waals surface area contributed by atoms with Crippen LogP contribution in [0.3, 0.4) is 0 Å². The van der Waals surface area contributed by atoms with E-state index in [0.717, 1.165) is 6.26 Å². The molecule has 0 aliphatic heterocycles. The summed E-state index contributed by atoms with van der Waals surface area (Å²) in [4.78, 5) is 16.8. The highest BCUT2D eigenvalue weighted by atomic mass is 35.5. The summed E-state index contributed by atoms with van der Waals surface area (Å²) in [6, 6.07) is 10.9. The number of carbonyl (C=O) groups is 1. The van der Waals surface area contributed by atoms with Crippen molar-refractivity contribution in [1.82, 2.24) is 0 Å². The number of hydrogen-bond donors (Lipinski definition) is 1. The Balaban J connectivity index is 1.91. The van der Waals surface area contributed by atoms with Gasteiger partial charge in [-0.25, -0.2) is 8.42 Å². The maximum atomic E-state index is 11.8. The van der Waals surface area contributed by atoms with Crippen molar-refractivity contribution in [3.8, 4) is 0 Å². The van der Waals surface area contributed by atoms with Gasteiger partial charge in [-0.1, -0.05) is 46.6 Å². The number of amides is 1. The second kappa shape index (κ2) is 8.33. The lowest BCUT2D eigenvalue weighted by Gasteiger charge is -2.06. The molecule has 0 aromatic heterocycles. The fraction of sp³-hybridized carbons (Fsp3) is 0.125. The first-order valence-electron chi connectivity index (χ1n) is 6.96. The summed E-state index contributed by atoms with van der Waals surface area (Å²) in [5, 5.41) is 6.90. The van der Waals surface area contributed by atoms with Gasteiger partial charge < -0.3 is 10.2 Å². The summed E-state index contributed by atoms with van der Waals surface area (Å²) in [7, 11) is -3.35. The lowest BCUT2D eigenvalue weighted by Crippen LogP contribution is -2.17. The Morgan fingerprint density at radius 3 is 2.68 bits per heavy atom. The third-order valence-corrected chi connectivity index (χ3v) is 4.93. The first kappa shape index (κ1) is 19.2. The van der Waals surface area contributed by atoms with Crippen LogP contribution in [0.15, 0.2) is 52.5 Å². The molecule has 0 heterocycles. The van der Waals surface area contributed by atoms with Crippen molar-refractivity contribution in [2.75, 3.05) is 18.2 Å². The second-order valence-electron chi connectivity index (χ2n) is 5.00. The first-order valence-corrected chi connectivity index (χ1v) is 9.61. The molecular formula is C16H14Cl2N2O4S. The Hall–Kier alpha value is -2.09. The van der Waals surface area contributed by atoms with Crippen molar-refractivity contribution in [2.45, 2.75) is 4.90 Å². The highest BCUT2D eigenvalue weighted by Crippen LogP contribution is 2.24. The Kier molecular flexibility index (Phi) is 6.41. The van der Waals surface area contributed by atoms with Crippen LogP contribution in [0.1, 0.15) is 5.56 Å². The van der Waals surface area contributed by atoms with Crippen molar-refractivity contribution in [3.05, 3.63) is 58.1 Å². The molecule has 0 bridgehead atoms. The number of nitrogens with one attached hydrogen (secondary N) is 1. The molecule has 0 aliphatic rings. The third-order valence-electron chi connectivity index (χ3n) is 2.99. The summed E-state index contributed by atoms with van der Waals surface area (Å²) in [6.07, 6.45) is 2.43. The molecular weight excluding hydrogens is 387 g/mol. The molecule has 2 aromatic rings. The van der Waals surface area contributed by atoms with Crippen LogP contribution in [0, 0.1) is 0 Å². The minimum Gasteiger partial charge on any atom is -0.386 e. The van der Waals surface area contributed by atoms with E-state index in [1.807, 2.05) is 0 Å². The van der Waals surface area contributed by atoms with Gasteiger partial charge in [-0.15, -0.1) is 0 Å². The van der Waals surface area contributed by atoms with E-state index >= 15 is 0 Å². The number of sulfone groups is 1. The quantitative estimate of drug-likeness (QED) is 0.594. The fourth-order valence-corrected chi connectivity index (χ4v) is 2.84. The minimum atomic E-state index is -3.35. The largest absolute Gasteiger partial charge is 0.386 e. The molecule has 0 fully saturated rings. The molecule has 0 atom stereocenters. The van der Waals surface area contributed by atoms with Gasteiger partial charge in [-0.2, -0.15) is 0 Å². The van der Waals surface area contributed by atoms with E-state index < -0.39 is 15.7 Å². The highest BCUT2D eigenvalue weighted by molar-refractivity contribution is 7.90. The van der Waals surface area contributed by atoms with Gasteiger partial charge in [0, 0.05) is 17.5 Å². The van der Waals surface area contributed by atoms with Crippen LogP contribution < -0.4 is 5.32 Å². The Labute approximate surface area is 155 Å². The zero-order valence-electron chi connectivity index (χ0n) is 13.1. The summed E-state index contributed by atoms with van der Waals surface area (Å²) in [5.74, 6) is -0.486. The van der Waals surface area contributed by atoms with E-state index in [1.54, 1.807) is 24.3 Å². The van der Waals surface area contributed by atoms with Crippen molar-refractivity contribution in [2.24, 2.45) is 5.16 Å². The van der Waals surface area contributed by atoms with Gasteiger partial charge in [0.1, 0.15) is 0 Å². The standard InChI is InChI=1S/C16H14Cl2N2O4S/c1-25(22,23)13-6-3-5-12(8-13)20-15(21)10-24-19-9-11-4-2-7-14(17)16(11)18/h2-9H,10H2,1H3,(H,20,21)/b19-9-. The molecule has 0 radical (unpaired) electrons. The van der Waals surface area contributed by atoms with Crippen molar-refractivity contribution >= 4 is 50.8 Å². The van der Waals surface area contributed by atoms with Crippen LogP contribution in [0.5, 0.6) is 0 Å². The van der Waals surface area contributed by atoms with Crippen LogP contribution in [0.2, 0.25) is 10.0 Å². The Bertz CT molecular complexity index is 914. The predicted molar refractivity (Wildman–Crippen MR) is 98.2 cm³/mol. The smallest absolute Gasteiger partial charge is 0.265 e. The number of halogens is 2. The first-order chi connectivity index (χ1) is 11.8. The molecule has 0 spiro atoms. The molecule has 1 amide bonds. The monoisotopic (exact) mass is 400 g/mol. The Morgan fingerprint density at radius 2 is 1.96 bits per heavy atom. The van der Waals surface area contributed by atoms with Gasteiger partial charge in [-0.05, 0) is 24.3 Å². The van der Waals surface area contributed by atoms with Crippen molar-refractivity contribution in [3.63, 3.8) is 0 Å². The van der Waals surface area contributed by atoms with Crippen LogP contribution in [-0.2, 0) is 19.5 Å². The number of anilines is 1. The molecule has 2 aromatic carbocycles. The molecule has 0 aliphatic carbocycles. The fourth-order valence-electron chi connectivity index (χ4n) is 1.81. The van der Waals surface area contributed by atoms with Gasteiger partial charge in [0.05, 0.1) is 21.2 Å². The number of hydrogen-bond acceptors (Lipinski definition) is 5. The maximum absolute atomic E-state index is 11.8. The summed E-state index contributed by atoms with van der Waals surface area (Å²) >= 11 is 11.9. The second-order valence-corrected chi connectivity index (χ2v) is 7.80. The molecule has 0 saturated heterocycles. The van der Waals surface area contributed by atoms with E-state index in [2.05, 4.69) is 10.5 Å². The lowest BCUT2D eigenvalue weighted by molar-refractivity contribution is -0.120. The average Bonchev–Trinajstić information content (AvgIpc) is 2.55. The minimum absolute atomic E-state index is 0.111. The molecule has 132 valence electrons. The molecule has 0 saturated carbocycles. The van der Waals surface area contributed by atoms with Crippen LogP contribution in [0.25, 0.3) is 0 Å². The van der Waals surface area contributed by atoms with Gasteiger partial charge >= 0.3 is 0 Å². The molecule has 9 heteroatoms. The number of rotatable bonds is 6. The SMILES string of the molecule is CS(=O)(=O)c1cccc(NC(=O)CO/N=C\c2cccc(Cl)c2Cl)c1. The van der Waals surface area contributed by atoms with E-state index in [-0.39, 0.29) is 11.5 Å². The van der Waals surface area contributed by atoms with Crippen molar-refractivity contribution in [1.29, 1.82) is 0 Å². The van der Waals surface area contributed by atoms with Crippen LogP contribution >= 0.6 is 23.2 Å². The number of benzene rings is 2. The maximum Gasteiger partial charge on any atom is 0.265 e. The molecule has 0 unspecified atom stereocenters.